The molecule has 0 fully saturated rings. The number of nitrogens with one attached hydrogen (secondary N) is 1. The van der Waals surface area contributed by atoms with Crippen molar-refractivity contribution in [3.63, 3.8) is 0 Å². The molecule has 0 aliphatic heterocycles. The van der Waals surface area contributed by atoms with E-state index >= 15 is 0 Å². The average molecular weight is 281 g/mol. The predicted molar refractivity (Wildman–Crippen MR) is 77.6 cm³/mol. The molecule has 2 unspecified atom stereocenters. The standard InChI is InChI=1S/C16H24FNO2/c1-4-12(11(2)3)9-16(20)18-10-15(19)13-5-7-14(17)8-6-13/h5-8,11-12,15,19H,4,9-10H2,1-3H3,(H,18,20). The van der Waals surface area contributed by atoms with Gasteiger partial charge in [-0.15, -0.1) is 0 Å². The van der Waals surface area contributed by atoms with Crippen LogP contribution in [-0.2, 0) is 4.79 Å². The minimum absolute atomic E-state index is 0.0493. The Morgan fingerprint density at radius 3 is 2.40 bits per heavy atom. The summed E-state index contributed by atoms with van der Waals surface area (Å²) in [5.41, 5.74) is 0.600. The van der Waals surface area contributed by atoms with Gasteiger partial charge in [0.05, 0.1) is 6.10 Å². The van der Waals surface area contributed by atoms with Gasteiger partial charge in [-0.1, -0.05) is 39.3 Å². The van der Waals surface area contributed by atoms with Crippen molar-refractivity contribution in [3.8, 4) is 0 Å². The predicted octanol–water partition coefficient (Wildman–Crippen LogP) is 3.05. The van der Waals surface area contributed by atoms with Crippen LogP contribution in [0.25, 0.3) is 0 Å². The molecule has 0 radical (unpaired) electrons. The third-order valence-corrected chi connectivity index (χ3v) is 3.66. The number of halogens is 1. The van der Waals surface area contributed by atoms with Gasteiger partial charge < -0.3 is 10.4 Å². The zero-order valence-electron chi connectivity index (χ0n) is 12.4. The molecule has 4 heteroatoms. The van der Waals surface area contributed by atoms with Crippen LogP contribution in [0.4, 0.5) is 4.39 Å². The van der Waals surface area contributed by atoms with Crippen molar-refractivity contribution in [2.75, 3.05) is 6.54 Å². The molecule has 0 saturated heterocycles. The van der Waals surface area contributed by atoms with Gasteiger partial charge in [0.2, 0.25) is 5.91 Å². The Morgan fingerprint density at radius 2 is 1.90 bits per heavy atom. The van der Waals surface area contributed by atoms with Gasteiger partial charge in [-0.3, -0.25) is 4.79 Å². The first-order valence-electron chi connectivity index (χ1n) is 7.14. The summed E-state index contributed by atoms with van der Waals surface area (Å²) in [6.07, 6.45) is 0.634. The number of aliphatic hydroxyl groups is 1. The van der Waals surface area contributed by atoms with Crippen LogP contribution in [0.2, 0.25) is 0 Å². The number of hydrogen-bond donors (Lipinski definition) is 2. The van der Waals surface area contributed by atoms with Crippen LogP contribution in [0, 0.1) is 17.7 Å². The minimum atomic E-state index is -0.807. The summed E-state index contributed by atoms with van der Waals surface area (Å²) in [6.45, 7) is 6.44. The zero-order chi connectivity index (χ0) is 15.1. The largest absolute Gasteiger partial charge is 0.387 e. The molecule has 2 N–H and O–H groups in total. The molecule has 1 amide bonds. The van der Waals surface area contributed by atoms with E-state index in [1.54, 1.807) is 0 Å². The van der Waals surface area contributed by atoms with Gasteiger partial charge in [0, 0.05) is 13.0 Å². The van der Waals surface area contributed by atoms with Crippen LogP contribution in [0.5, 0.6) is 0 Å². The van der Waals surface area contributed by atoms with Gasteiger partial charge in [-0.25, -0.2) is 4.39 Å². The molecule has 0 spiro atoms. The number of hydrogen-bond acceptors (Lipinski definition) is 2. The quantitative estimate of drug-likeness (QED) is 0.807. The lowest BCUT2D eigenvalue weighted by molar-refractivity contribution is -0.122. The molecule has 20 heavy (non-hydrogen) atoms. The van der Waals surface area contributed by atoms with E-state index in [4.69, 9.17) is 0 Å². The van der Waals surface area contributed by atoms with E-state index in [9.17, 15) is 14.3 Å². The molecule has 0 aliphatic rings. The topological polar surface area (TPSA) is 49.3 Å². The summed E-state index contributed by atoms with van der Waals surface area (Å²) >= 11 is 0. The van der Waals surface area contributed by atoms with Crippen LogP contribution < -0.4 is 5.32 Å². The maximum Gasteiger partial charge on any atom is 0.220 e. The second-order valence-corrected chi connectivity index (χ2v) is 5.49. The molecule has 1 rings (SSSR count). The van der Waals surface area contributed by atoms with Gasteiger partial charge in [0.15, 0.2) is 0 Å². The molecule has 2 atom stereocenters. The molecule has 0 bridgehead atoms. The highest BCUT2D eigenvalue weighted by Gasteiger charge is 2.16. The Labute approximate surface area is 120 Å². The van der Waals surface area contributed by atoms with Crippen molar-refractivity contribution in [1.82, 2.24) is 5.32 Å². The van der Waals surface area contributed by atoms with E-state index in [1.165, 1.54) is 24.3 Å². The van der Waals surface area contributed by atoms with Crippen molar-refractivity contribution >= 4 is 5.91 Å². The number of rotatable bonds is 7. The molecular formula is C16H24FNO2. The van der Waals surface area contributed by atoms with Crippen molar-refractivity contribution in [2.24, 2.45) is 11.8 Å². The van der Waals surface area contributed by atoms with Crippen molar-refractivity contribution in [2.45, 2.75) is 39.7 Å². The maximum absolute atomic E-state index is 12.8. The SMILES string of the molecule is CCC(CC(=O)NCC(O)c1ccc(F)cc1)C(C)C. The van der Waals surface area contributed by atoms with E-state index in [-0.39, 0.29) is 18.3 Å². The van der Waals surface area contributed by atoms with Crippen LogP contribution in [0.3, 0.4) is 0 Å². The summed E-state index contributed by atoms with van der Waals surface area (Å²) in [6, 6.07) is 5.64. The molecule has 3 nitrogen and oxygen atoms in total. The lowest BCUT2D eigenvalue weighted by atomic mass is 9.90. The monoisotopic (exact) mass is 281 g/mol. The molecule has 0 aromatic heterocycles. The van der Waals surface area contributed by atoms with Crippen molar-refractivity contribution in [3.05, 3.63) is 35.6 Å². The molecule has 1 aromatic rings. The molecule has 1 aromatic carbocycles. The highest BCUT2D eigenvalue weighted by Crippen LogP contribution is 2.19. The lowest BCUT2D eigenvalue weighted by Gasteiger charge is -2.19. The normalized spacial score (nSPS) is 14.1. The van der Waals surface area contributed by atoms with E-state index in [0.29, 0.717) is 23.8 Å². The summed E-state index contributed by atoms with van der Waals surface area (Å²) in [4.78, 5) is 11.8. The zero-order valence-corrected chi connectivity index (χ0v) is 12.4. The highest BCUT2D eigenvalue weighted by atomic mass is 19.1. The van der Waals surface area contributed by atoms with Crippen LogP contribution in [-0.4, -0.2) is 17.6 Å². The number of benzene rings is 1. The second-order valence-electron chi connectivity index (χ2n) is 5.49. The van der Waals surface area contributed by atoms with E-state index in [1.807, 2.05) is 0 Å². The third kappa shape index (κ3) is 5.29. The van der Waals surface area contributed by atoms with Gasteiger partial charge in [-0.2, -0.15) is 0 Å². The molecule has 0 aliphatic carbocycles. The fraction of sp³-hybridized carbons (Fsp3) is 0.562. The smallest absolute Gasteiger partial charge is 0.220 e. The van der Waals surface area contributed by atoms with Crippen LogP contribution >= 0.6 is 0 Å². The summed E-state index contributed by atoms with van der Waals surface area (Å²) in [5.74, 6) is 0.435. The fourth-order valence-corrected chi connectivity index (χ4v) is 2.18. The third-order valence-electron chi connectivity index (χ3n) is 3.66. The van der Waals surface area contributed by atoms with Crippen LogP contribution in [0.1, 0.15) is 45.3 Å². The minimum Gasteiger partial charge on any atom is -0.387 e. The lowest BCUT2D eigenvalue weighted by Crippen LogP contribution is -2.30. The Balaban J connectivity index is 2.42. The molecule has 112 valence electrons. The first-order valence-corrected chi connectivity index (χ1v) is 7.14. The Bertz CT molecular complexity index is 417. The summed E-state index contributed by atoms with van der Waals surface area (Å²) < 4.78 is 12.8. The van der Waals surface area contributed by atoms with Crippen molar-refractivity contribution in [1.29, 1.82) is 0 Å². The number of carbonyl (C=O) groups excluding carboxylic acids is 1. The van der Waals surface area contributed by atoms with Gasteiger partial charge in [-0.05, 0) is 29.5 Å². The summed E-state index contributed by atoms with van der Waals surface area (Å²) in [5, 5.41) is 12.7. The van der Waals surface area contributed by atoms with Crippen molar-refractivity contribution < 1.29 is 14.3 Å². The first-order chi connectivity index (χ1) is 9.43. The highest BCUT2D eigenvalue weighted by molar-refractivity contribution is 5.76. The van der Waals surface area contributed by atoms with Crippen LogP contribution in [0.15, 0.2) is 24.3 Å². The van der Waals surface area contributed by atoms with E-state index in [0.717, 1.165) is 6.42 Å². The van der Waals surface area contributed by atoms with Gasteiger partial charge in [0.1, 0.15) is 5.82 Å². The number of carbonyl (C=O) groups is 1. The van der Waals surface area contributed by atoms with Gasteiger partial charge in [0.25, 0.3) is 0 Å². The van der Waals surface area contributed by atoms with E-state index < -0.39 is 6.10 Å². The number of amides is 1. The first kappa shape index (κ1) is 16.6. The Kier molecular flexibility index (Phi) is 6.65. The fourth-order valence-electron chi connectivity index (χ4n) is 2.18. The molecule has 0 saturated carbocycles. The average Bonchev–Trinajstić information content (AvgIpc) is 2.42. The molecular weight excluding hydrogens is 257 g/mol. The van der Waals surface area contributed by atoms with Gasteiger partial charge >= 0.3 is 0 Å². The Hall–Kier alpha value is -1.42. The number of aliphatic hydroxyl groups excluding tert-OH is 1. The molecule has 0 heterocycles. The van der Waals surface area contributed by atoms with E-state index in [2.05, 4.69) is 26.1 Å². The summed E-state index contributed by atoms with van der Waals surface area (Å²) in [7, 11) is 0. The second kappa shape index (κ2) is 8.00. The Morgan fingerprint density at radius 1 is 1.30 bits per heavy atom. The maximum atomic E-state index is 12.8.